The topological polar surface area (TPSA) is 87.7 Å². The Kier molecular flexibility index (Phi) is 4.68. The Morgan fingerprint density at radius 1 is 1.28 bits per heavy atom. The number of hydrogen-bond donors (Lipinski definition) is 3. The minimum absolute atomic E-state index is 0.0364. The van der Waals surface area contributed by atoms with Crippen LogP contribution in [0.3, 0.4) is 0 Å². The van der Waals surface area contributed by atoms with Gasteiger partial charge in [0.05, 0.1) is 25.4 Å². The maximum atomic E-state index is 12.8. The molecule has 1 aliphatic heterocycles. The number of anilines is 1. The van der Waals surface area contributed by atoms with Crippen molar-refractivity contribution in [1.29, 1.82) is 0 Å². The van der Waals surface area contributed by atoms with Gasteiger partial charge in [-0.15, -0.1) is 11.3 Å². The summed E-state index contributed by atoms with van der Waals surface area (Å²) >= 11 is 1.42. The third-order valence-electron chi connectivity index (χ3n) is 5.96. The SMILES string of the molecule is CC1(C)C(C(=O)Nc2sc3c(c2C(=O)NCCO)CCOC3)C1(C)C. The molecule has 0 unspecified atom stereocenters. The van der Waals surface area contributed by atoms with Crippen molar-refractivity contribution in [3.63, 3.8) is 0 Å². The molecule has 0 aromatic carbocycles. The van der Waals surface area contributed by atoms with E-state index < -0.39 is 0 Å². The average molecular weight is 366 g/mol. The molecule has 1 saturated carbocycles. The molecule has 138 valence electrons. The van der Waals surface area contributed by atoms with Crippen LogP contribution in [0.2, 0.25) is 0 Å². The Balaban J connectivity index is 1.87. The molecule has 0 bridgehead atoms. The van der Waals surface area contributed by atoms with Crippen LogP contribution in [0.5, 0.6) is 0 Å². The predicted molar refractivity (Wildman–Crippen MR) is 96.8 cm³/mol. The van der Waals surface area contributed by atoms with Gasteiger partial charge in [0.2, 0.25) is 5.91 Å². The molecule has 0 spiro atoms. The minimum atomic E-state index is -0.252. The van der Waals surface area contributed by atoms with E-state index >= 15 is 0 Å². The van der Waals surface area contributed by atoms with E-state index in [1.165, 1.54) is 11.3 Å². The van der Waals surface area contributed by atoms with Gasteiger partial charge in [0.25, 0.3) is 5.91 Å². The molecular formula is C18H26N2O4S. The number of aliphatic hydroxyl groups excluding tert-OH is 1. The molecule has 1 aromatic rings. The highest BCUT2D eigenvalue weighted by atomic mass is 32.1. The fraction of sp³-hybridized carbons (Fsp3) is 0.667. The number of carbonyl (C=O) groups is 2. The number of ether oxygens (including phenoxy) is 1. The molecule has 0 saturated heterocycles. The van der Waals surface area contributed by atoms with Crippen molar-refractivity contribution in [3.8, 4) is 0 Å². The van der Waals surface area contributed by atoms with Crippen molar-refractivity contribution in [2.45, 2.75) is 40.7 Å². The maximum absolute atomic E-state index is 12.8. The van der Waals surface area contributed by atoms with E-state index in [1.54, 1.807) is 0 Å². The first-order valence-electron chi connectivity index (χ1n) is 8.64. The summed E-state index contributed by atoms with van der Waals surface area (Å²) in [6.45, 7) is 9.50. The van der Waals surface area contributed by atoms with Crippen molar-refractivity contribution in [1.82, 2.24) is 5.32 Å². The van der Waals surface area contributed by atoms with E-state index in [9.17, 15) is 9.59 Å². The number of rotatable bonds is 5. The number of aliphatic hydroxyl groups is 1. The molecular weight excluding hydrogens is 340 g/mol. The van der Waals surface area contributed by atoms with Crippen molar-refractivity contribution < 1.29 is 19.4 Å². The Morgan fingerprint density at radius 3 is 2.56 bits per heavy atom. The van der Waals surface area contributed by atoms with Crippen molar-refractivity contribution in [2.24, 2.45) is 16.7 Å². The molecule has 1 fully saturated rings. The second-order valence-electron chi connectivity index (χ2n) is 7.86. The summed E-state index contributed by atoms with van der Waals surface area (Å²) in [6, 6.07) is 0. The Hall–Kier alpha value is -1.44. The summed E-state index contributed by atoms with van der Waals surface area (Å²) in [5.41, 5.74) is 1.37. The third kappa shape index (κ3) is 2.98. The van der Waals surface area contributed by atoms with Crippen LogP contribution in [0, 0.1) is 16.7 Å². The molecule has 2 aliphatic rings. The molecule has 2 heterocycles. The molecule has 6 nitrogen and oxygen atoms in total. The van der Waals surface area contributed by atoms with Crippen LogP contribution < -0.4 is 10.6 Å². The van der Waals surface area contributed by atoms with Gasteiger partial charge < -0.3 is 20.5 Å². The van der Waals surface area contributed by atoms with Gasteiger partial charge in [0.1, 0.15) is 5.00 Å². The Labute approximate surface area is 151 Å². The molecule has 2 amide bonds. The zero-order valence-corrected chi connectivity index (χ0v) is 16.0. The molecule has 25 heavy (non-hydrogen) atoms. The van der Waals surface area contributed by atoms with Gasteiger partial charge in [-0.2, -0.15) is 0 Å². The van der Waals surface area contributed by atoms with Crippen molar-refractivity contribution in [2.75, 3.05) is 25.1 Å². The summed E-state index contributed by atoms with van der Waals surface area (Å²) in [6.07, 6.45) is 0.657. The van der Waals surface area contributed by atoms with Crippen LogP contribution in [0.1, 0.15) is 48.5 Å². The number of amides is 2. The summed E-state index contributed by atoms with van der Waals surface area (Å²) in [7, 11) is 0. The average Bonchev–Trinajstić information content (AvgIpc) is 2.81. The first-order chi connectivity index (χ1) is 11.7. The van der Waals surface area contributed by atoms with Crippen LogP contribution in [-0.4, -0.2) is 36.7 Å². The van der Waals surface area contributed by atoms with Crippen molar-refractivity contribution in [3.05, 3.63) is 16.0 Å². The number of hydrogen-bond acceptors (Lipinski definition) is 5. The highest BCUT2D eigenvalue weighted by Gasteiger charge is 2.68. The lowest BCUT2D eigenvalue weighted by molar-refractivity contribution is -0.118. The van der Waals surface area contributed by atoms with Crippen LogP contribution >= 0.6 is 11.3 Å². The van der Waals surface area contributed by atoms with Crippen molar-refractivity contribution >= 4 is 28.2 Å². The second kappa shape index (κ2) is 6.37. The van der Waals surface area contributed by atoms with Crippen LogP contribution in [0.15, 0.2) is 0 Å². The van der Waals surface area contributed by atoms with Gasteiger partial charge in [-0.05, 0) is 22.8 Å². The van der Waals surface area contributed by atoms with Gasteiger partial charge >= 0.3 is 0 Å². The predicted octanol–water partition coefficient (Wildman–Crippen LogP) is 2.16. The van der Waals surface area contributed by atoms with Gasteiger partial charge in [-0.3, -0.25) is 9.59 Å². The monoisotopic (exact) mass is 366 g/mol. The van der Waals surface area contributed by atoms with Gasteiger partial charge in [-0.1, -0.05) is 27.7 Å². The van der Waals surface area contributed by atoms with E-state index in [-0.39, 0.29) is 41.7 Å². The number of thiophene rings is 1. The lowest BCUT2D eigenvalue weighted by Gasteiger charge is -2.14. The minimum Gasteiger partial charge on any atom is -0.395 e. The standard InChI is InChI=1S/C18H26N2O4S/c1-17(2)13(18(17,3)4)15(23)20-16-12(14(22)19-6-7-21)10-5-8-24-9-11(10)25-16/h13,21H,5-9H2,1-4H3,(H,19,22)(H,20,23). The first kappa shape index (κ1) is 18.4. The van der Waals surface area contributed by atoms with Gasteiger partial charge in [-0.25, -0.2) is 0 Å². The van der Waals surface area contributed by atoms with E-state index in [0.717, 1.165) is 10.4 Å². The second-order valence-corrected chi connectivity index (χ2v) is 8.96. The van der Waals surface area contributed by atoms with Crippen LogP contribution in [0.4, 0.5) is 5.00 Å². The summed E-state index contributed by atoms with van der Waals surface area (Å²) < 4.78 is 5.48. The number of fused-ring (bicyclic) bond motifs is 1. The summed E-state index contributed by atoms with van der Waals surface area (Å²) in [5.74, 6) is -0.368. The maximum Gasteiger partial charge on any atom is 0.254 e. The number of carbonyl (C=O) groups excluding carboxylic acids is 2. The molecule has 1 aliphatic carbocycles. The molecule has 0 radical (unpaired) electrons. The summed E-state index contributed by atoms with van der Waals surface area (Å²) in [5, 5.41) is 15.3. The van der Waals surface area contributed by atoms with Crippen LogP contribution in [-0.2, 0) is 22.6 Å². The quantitative estimate of drug-likeness (QED) is 0.745. The van der Waals surface area contributed by atoms with Gasteiger partial charge in [0, 0.05) is 17.3 Å². The Morgan fingerprint density at radius 2 is 1.96 bits per heavy atom. The first-order valence-corrected chi connectivity index (χ1v) is 9.45. The highest BCUT2D eigenvalue weighted by Crippen LogP contribution is 2.68. The third-order valence-corrected chi connectivity index (χ3v) is 7.09. The largest absolute Gasteiger partial charge is 0.395 e. The smallest absolute Gasteiger partial charge is 0.254 e. The zero-order valence-electron chi connectivity index (χ0n) is 15.2. The lowest BCUT2D eigenvalue weighted by Crippen LogP contribution is -2.29. The summed E-state index contributed by atoms with van der Waals surface area (Å²) in [4.78, 5) is 26.4. The van der Waals surface area contributed by atoms with E-state index in [0.29, 0.717) is 30.2 Å². The Bertz CT molecular complexity index is 694. The molecule has 3 N–H and O–H groups in total. The van der Waals surface area contributed by atoms with E-state index in [2.05, 4.69) is 38.3 Å². The fourth-order valence-electron chi connectivity index (χ4n) is 3.85. The molecule has 7 heteroatoms. The molecule has 3 rings (SSSR count). The van der Waals surface area contributed by atoms with E-state index in [1.807, 2.05) is 0 Å². The lowest BCUT2D eigenvalue weighted by atomic mass is 10.0. The zero-order chi connectivity index (χ0) is 18.4. The highest BCUT2D eigenvalue weighted by molar-refractivity contribution is 7.17. The van der Waals surface area contributed by atoms with E-state index in [4.69, 9.17) is 9.84 Å². The normalized spacial score (nSPS) is 20.7. The number of nitrogens with one attached hydrogen (secondary N) is 2. The molecule has 1 aromatic heterocycles. The van der Waals surface area contributed by atoms with Gasteiger partial charge in [0.15, 0.2) is 0 Å². The van der Waals surface area contributed by atoms with Crippen LogP contribution in [0.25, 0.3) is 0 Å². The fourth-order valence-corrected chi connectivity index (χ4v) is 5.04. The molecule has 0 atom stereocenters.